The Morgan fingerprint density at radius 1 is 1.18 bits per heavy atom. The lowest BCUT2D eigenvalue weighted by Gasteiger charge is -2.07. The van der Waals surface area contributed by atoms with E-state index in [4.69, 9.17) is 10.5 Å². The summed E-state index contributed by atoms with van der Waals surface area (Å²) in [5, 5.41) is 3.18. The SMILES string of the molecule is CCOc1ccc(Nc2ccc(N)cn2)cc1. The second-order valence-corrected chi connectivity index (χ2v) is 3.56. The van der Waals surface area contributed by atoms with Gasteiger partial charge in [-0.1, -0.05) is 0 Å². The van der Waals surface area contributed by atoms with Crippen molar-refractivity contribution in [3.05, 3.63) is 42.6 Å². The minimum Gasteiger partial charge on any atom is -0.494 e. The van der Waals surface area contributed by atoms with Crippen molar-refractivity contribution in [3.8, 4) is 5.75 Å². The molecule has 0 atom stereocenters. The van der Waals surface area contributed by atoms with Crippen LogP contribution in [0.4, 0.5) is 17.2 Å². The molecule has 4 heteroatoms. The number of rotatable bonds is 4. The van der Waals surface area contributed by atoms with Crippen molar-refractivity contribution in [2.24, 2.45) is 0 Å². The maximum absolute atomic E-state index is 5.57. The molecule has 0 fully saturated rings. The smallest absolute Gasteiger partial charge is 0.130 e. The summed E-state index contributed by atoms with van der Waals surface area (Å²) in [4.78, 5) is 4.16. The third-order valence-electron chi connectivity index (χ3n) is 2.22. The minimum atomic E-state index is 0.655. The summed E-state index contributed by atoms with van der Waals surface area (Å²) in [6, 6.07) is 11.4. The molecule has 1 heterocycles. The second kappa shape index (κ2) is 5.21. The van der Waals surface area contributed by atoms with Crippen LogP contribution in [-0.4, -0.2) is 11.6 Å². The van der Waals surface area contributed by atoms with E-state index in [0.717, 1.165) is 17.3 Å². The van der Waals surface area contributed by atoms with Crippen molar-refractivity contribution >= 4 is 17.2 Å². The zero-order chi connectivity index (χ0) is 12.1. The molecule has 17 heavy (non-hydrogen) atoms. The predicted octanol–water partition coefficient (Wildman–Crippen LogP) is 2.81. The molecule has 0 saturated heterocycles. The van der Waals surface area contributed by atoms with E-state index in [1.54, 1.807) is 6.20 Å². The Morgan fingerprint density at radius 3 is 2.53 bits per heavy atom. The van der Waals surface area contributed by atoms with Crippen molar-refractivity contribution in [3.63, 3.8) is 0 Å². The Labute approximate surface area is 100 Å². The number of hydrogen-bond acceptors (Lipinski definition) is 4. The summed E-state index contributed by atoms with van der Waals surface area (Å²) in [6.07, 6.45) is 1.62. The number of ether oxygens (including phenoxy) is 1. The monoisotopic (exact) mass is 229 g/mol. The lowest BCUT2D eigenvalue weighted by molar-refractivity contribution is 0.340. The maximum atomic E-state index is 5.57. The van der Waals surface area contributed by atoms with E-state index < -0.39 is 0 Å². The van der Waals surface area contributed by atoms with Gasteiger partial charge >= 0.3 is 0 Å². The van der Waals surface area contributed by atoms with Gasteiger partial charge in [-0.3, -0.25) is 0 Å². The topological polar surface area (TPSA) is 60.2 Å². The van der Waals surface area contributed by atoms with Crippen molar-refractivity contribution in [1.82, 2.24) is 4.98 Å². The molecule has 0 spiro atoms. The van der Waals surface area contributed by atoms with Crippen LogP contribution in [0.15, 0.2) is 42.6 Å². The number of hydrogen-bond donors (Lipinski definition) is 2. The Morgan fingerprint density at radius 2 is 1.94 bits per heavy atom. The number of aromatic nitrogens is 1. The summed E-state index contributed by atoms with van der Waals surface area (Å²) in [7, 11) is 0. The number of nitrogens with two attached hydrogens (primary N) is 1. The highest BCUT2D eigenvalue weighted by molar-refractivity contribution is 5.58. The van der Waals surface area contributed by atoms with E-state index in [1.165, 1.54) is 0 Å². The number of nitrogen functional groups attached to an aromatic ring is 1. The summed E-state index contributed by atoms with van der Waals surface area (Å²) in [5.41, 5.74) is 7.18. The van der Waals surface area contributed by atoms with Crippen LogP contribution in [-0.2, 0) is 0 Å². The van der Waals surface area contributed by atoms with Crippen LogP contribution in [0.5, 0.6) is 5.75 Å². The molecule has 88 valence electrons. The van der Waals surface area contributed by atoms with Crippen molar-refractivity contribution < 1.29 is 4.74 Å². The fourth-order valence-corrected chi connectivity index (χ4v) is 1.43. The Kier molecular flexibility index (Phi) is 3.45. The molecule has 2 rings (SSSR count). The highest BCUT2D eigenvalue weighted by Crippen LogP contribution is 2.19. The van der Waals surface area contributed by atoms with E-state index >= 15 is 0 Å². The number of benzene rings is 1. The van der Waals surface area contributed by atoms with Crippen molar-refractivity contribution in [1.29, 1.82) is 0 Å². The molecule has 0 radical (unpaired) electrons. The van der Waals surface area contributed by atoms with Crippen LogP contribution < -0.4 is 15.8 Å². The zero-order valence-electron chi connectivity index (χ0n) is 9.68. The molecule has 3 N–H and O–H groups in total. The van der Waals surface area contributed by atoms with Crippen LogP contribution in [0.1, 0.15) is 6.92 Å². The van der Waals surface area contributed by atoms with Gasteiger partial charge in [-0.05, 0) is 43.3 Å². The first-order valence-electron chi connectivity index (χ1n) is 5.49. The zero-order valence-corrected chi connectivity index (χ0v) is 9.68. The lowest BCUT2D eigenvalue weighted by atomic mass is 10.3. The predicted molar refractivity (Wildman–Crippen MR) is 69.5 cm³/mol. The molecule has 0 saturated carbocycles. The fourth-order valence-electron chi connectivity index (χ4n) is 1.43. The van der Waals surface area contributed by atoms with E-state index in [1.807, 2.05) is 43.3 Å². The van der Waals surface area contributed by atoms with E-state index in [0.29, 0.717) is 12.3 Å². The molecule has 0 unspecified atom stereocenters. The fraction of sp³-hybridized carbons (Fsp3) is 0.154. The molecule has 0 aliphatic heterocycles. The van der Waals surface area contributed by atoms with Crippen LogP contribution in [0.2, 0.25) is 0 Å². The van der Waals surface area contributed by atoms with Gasteiger partial charge in [0.15, 0.2) is 0 Å². The number of pyridine rings is 1. The van der Waals surface area contributed by atoms with E-state index in [-0.39, 0.29) is 0 Å². The van der Waals surface area contributed by atoms with Gasteiger partial charge in [0.2, 0.25) is 0 Å². The normalized spacial score (nSPS) is 9.94. The third-order valence-corrected chi connectivity index (χ3v) is 2.22. The van der Waals surface area contributed by atoms with Gasteiger partial charge in [0.05, 0.1) is 18.5 Å². The van der Waals surface area contributed by atoms with Gasteiger partial charge < -0.3 is 15.8 Å². The summed E-state index contributed by atoms with van der Waals surface area (Å²) < 4.78 is 5.37. The van der Waals surface area contributed by atoms with Gasteiger partial charge in [0, 0.05) is 5.69 Å². The second-order valence-electron chi connectivity index (χ2n) is 3.56. The van der Waals surface area contributed by atoms with Crippen LogP contribution in [0.3, 0.4) is 0 Å². The van der Waals surface area contributed by atoms with E-state index in [2.05, 4.69) is 10.3 Å². The molecular weight excluding hydrogens is 214 g/mol. The molecular formula is C13H15N3O. The first-order valence-corrected chi connectivity index (χ1v) is 5.49. The largest absolute Gasteiger partial charge is 0.494 e. The lowest BCUT2D eigenvalue weighted by Crippen LogP contribution is -1.95. The summed E-state index contributed by atoms with van der Waals surface area (Å²) in [5.74, 6) is 1.63. The first-order chi connectivity index (χ1) is 8.28. The number of nitrogens with one attached hydrogen (secondary N) is 1. The van der Waals surface area contributed by atoms with E-state index in [9.17, 15) is 0 Å². The average molecular weight is 229 g/mol. The molecule has 1 aromatic heterocycles. The maximum Gasteiger partial charge on any atom is 0.130 e. The highest BCUT2D eigenvalue weighted by Gasteiger charge is 1.97. The van der Waals surface area contributed by atoms with Crippen LogP contribution in [0, 0.1) is 0 Å². The number of anilines is 3. The van der Waals surface area contributed by atoms with Gasteiger partial charge in [-0.2, -0.15) is 0 Å². The quantitative estimate of drug-likeness (QED) is 0.846. The third kappa shape index (κ3) is 3.11. The van der Waals surface area contributed by atoms with Crippen LogP contribution >= 0.6 is 0 Å². The van der Waals surface area contributed by atoms with Crippen molar-refractivity contribution in [2.75, 3.05) is 17.7 Å². The summed E-state index contributed by atoms with van der Waals surface area (Å²) in [6.45, 7) is 2.64. The molecule has 0 amide bonds. The van der Waals surface area contributed by atoms with Gasteiger partial charge in [-0.15, -0.1) is 0 Å². The molecule has 0 aliphatic rings. The Balaban J connectivity index is 2.05. The standard InChI is InChI=1S/C13H15N3O/c1-2-17-12-6-4-11(5-7-12)16-13-8-3-10(14)9-15-13/h3-9H,2,14H2,1H3,(H,15,16). The van der Waals surface area contributed by atoms with Gasteiger partial charge in [-0.25, -0.2) is 4.98 Å². The van der Waals surface area contributed by atoms with Crippen molar-refractivity contribution in [2.45, 2.75) is 6.92 Å². The molecule has 0 aliphatic carbocycles. The summed E-state index contributed by atoms with van der Waals surface area (Å²) >= 11 is 0. The van der Waals surface area contributed by atoms with Crippen LogP contribution in [0.25, 0.3) is 0 Å². The van der Waals surface area contributed by atoms with Gasteiger partial charge in [0.1, 0.15) is 11.6 Å². The molecule has 2 aromatic rings. The molecule has 1 aromatic carbocycles. The first kappa shape index (κ1) is 11.3. The Bertz CT molecular complexity index is 465. The average Bonchev–Trinajstić information content (AvgIpc) is 2.35. The molecule has 4 nitrogen and oxygen atoms in total. The minimum absolute atomic E-state index is 0.655. The van der Waals surface area contributed by atoms with Gasteiger partial charge in [0.25, 0.3) is 0 Å². The number of nitrogens with zero attached hydrogens (tertiary/aromatic N) is 1. The highest BCUT2D eigenvalue weighted by atomic mass is 16.5. The Hall–Kier alpha value is -2.23. The molecule has 0 bridgehead atoms.